The second-order valence-corrected chi connectivity index (χ2v) is 7.99. The third-order valence-corrected chi connectivity index (χ3v) is 5.93. The van der Waals surface area contributed by atoms with Crippen LogP contribution in [0.3, 0.4) is 0 Å². The first-order valence-electron chi connectivity index (χ1n) is 8.89. The minimum atomic E-state index is 0. The standard InChI is InChI=1S/C17H29N5OS.HI/c1-13-14(2)23-16(20-13)12-21-5-3-15(4-6-21)11-19-17(18)22-7-9-24-10-8-22;/h15H,3-12H2,1-2H3,(H2,18,19);1H. The van der Waals surface area contributed by atoms with Gasteiger partial charge in [-0.2, -0.15) is 11.8 Å². The van der Waals surface area contributed by atoms with E-state index in [1.165, 1.54) is 12.8 Å². The van der Waals surface area contributed by atoms with Gasteiger partial charge >= 0.3 is 0 Å². The smallest absolute Gasteiger partial charge is 0.208 e. The Morgan fingerprint density at radius 2 is 1.92 bits per heavy atom. The molecule has 1 aromatic heterocycles. The predicted molar refractivity (Wildman–Crippen MR) is 115 cm³/mol. The summed E-state index contributed by atoms with van der Waals surface area (Å²) in [6.07, 6.45) is 2.34. The Labute approximate surface area is 172 Å². The molecule has 0 amide bonds. The molecule has 0 bridgehead atoms. The minimum Gasteiger partial charge on any atom is -0.444 e. The maximum Gasteiger partial charge on any atom is 0.208 e. The lowest BCUT2D eigenvalue weighted by Crippen LogP contribution is -2.43. The van der Waals surface area contributed by atoms with Crippen molar-refractivity contribution in [3.05, 3.63) is 17.3 Å². The fraction of sp³-hybridized carbons (Fsp3) is 0.765. The summed E-state index contributed by atoms with van der Waals surface area (Å²) in [7, 11) is 0. The molecule has 0 saturated carbocycles. The molecule has 2 N–H and O–H groups in total. The molecule has 2 fully saturated rings. The average molecular weight is 479 g/mol. The molecule has 2 saturated heterocycles. The fourth-order valence-corrected chi connectivity index (χ4v) is 4.14. The molecule has 6 nitrogen and oxygen atoms in total. The van der Waals surface area contributed by atoms with Crippen molar-refractivity contribution in [2.75, 3.05) is 44.2 Å². The van der Waals surface area contributed by atoms with Crippen molar-refractivity contribution in [1.29, 1.82) is 0 Å². The quantitative estimate of drug-likeness (QED) is 0.407. The number of rotatable bonds is 4. The Balaban J connectivity index is 0.00000225. The van der Waals surface area contributed by atoms with Crippen LogP contribution in [0.5, 0.6) is 0 Å². The van der Waals surface area contributed by atoms with Gasteiger partial charge in [0.15, 0.2) is 5.96 Å². The van der Waals surface area contributed by atoms with E-state index in [2.05, 4.69) is 19.8 Å². The molecule has 0 atom stereocenters. The largest absolute Gasteiger partial charge is 0.444 e. The van der Waals surface area contributed by atoms with E-state index in [9.17, 15) is 0 Å². The third-order valence-electron chi connectivity index (χ3n) is 4.99. The minimum absolute atomic E-state index is 0. The number of aryl methyl sites for hydroxylation is 2. The molecule has 0 aliphatic carbocycles. The molecule has 25 heavy (non-hydrogen) atoms. The van der Waals surface area contributed by atoms with Gasteiger partial charge in [-0.3, -0.25) is 9.89 Å². The summed E-state index contributed by atoms with van der Waals surface area (Å²) in [5.74, 6) is 5.48. The molecule has 1 aromatic rings. The van der Waals surface area contributed by atoms with E-state index in [-0.39, 0.29) is 24.0 Å². The first-order valence-corrected chi connectivity index (χ1v) is 10.0. The number of likely N-dealkylation sites (tertiary alicyclic amines) is 1. The molecule has 0 aromatic carbocycles. The topological polar surface area (TPSA) is 70.9 Å². The van der Waals surface area contributed by atoms with E-state index in [1.54, 1.807) is 0 Å². The van der Waals surface area contributed by atoms with Gasteiger partial charge in [0.05, 0.1) is 12.2 Å². The Morgan fingerprint density at radius 1 is 1.24 bits per heavy atom. The zero-order chi connectivity index (χ0) is 16.9. The number of hydrogen-bond donors (Lipinski definition) is 1. The first kappa shape index (κ1) is 20.8. The Kier molecular flexibility index (Phi) is 8.34. The van der Waals surface area contributed by atoms with Gasteiger partial charge in [-0.05, 0) is 45.7 Å². The van der Waals surface area contributed by atoms with E-state index in [0.717, 1.165) is 74.1 Å². The van der Waals surface area contributed by atoms with Crippen LogP contribution >= 0.6 is 35.7 Å². The molecule has 2 aliphatic rings. The summed E-state index contributed by atoms with van der Waals surface area (Å²) in [4.78, 5) is 13.8. The lowest BCUT2D eigenvalue weighted by Gasteiger charge is -2.31. The number of piperidine rings is 1. The second kappa shape index (κ2) is 10.0. The lowest BCUT2D eigenvalue weighted by atomic mass is 9.97. The van der Waals surface area contributed by atoms with Gasteiger partial charge in [0.2, 0.25) is 5.89 Å². The molecule has 142 valence electrons. The molecular formula is C17H30IN5OS. The predicted octanol–water partition coefficient (Wildman–Crippen LogP) is 2.48. The second-order valence-electron chi connectivity index (χ2n) is 6.77. The van der Waals surface area contributed by atoms with Crippen LogP contribution < -0.4 is 5.73 Å². The zero-order valence-electron chi connectivity index (χ0n) is 15.2. The number of thioether (sulfide) groups is 1. The van der Waals surface area contributed by atoms with Crippen LogP contribution in [0.25, 0.3) is 0 Å². The molecule has 0 unspecified atom stereocenters. The van der Waals surface area contributed by atoms with Crippen molar-refractivity contribution < 1.29 is 4.42 Å². The van der Waals surface area contributed by atoms with Gasteiger partial charge in [-0.25, -0.2) is 4.98 Å². The Hall–Kier alpha value is -0.480. The number of hydrogen-bond acceptors (Lipinski definition) is 5. The zero-order valence-corrected chi connectivity index (χ0v) is 18.4. The van der Waals surface area contributed by atoms with Crippen molar-refractivity contribution in [2.45, 2.75) is 33.2 Å². The highest BCUT2D eigenvalue weighted by Crippen LogP contribution is 2.20. The fourth-order valence-electron chi connectivity index (χ4n) is 3.24. The van der Waals surface area contributed by atoms with Gasteiger partial charge < -0.3 is 15.1 Å². The van der Waals surface area contributed by atoms with Crippen molar-refractivity contribution >= 4 is 41.7 Å². The maximum absolute atomic E-state index is 6.15. The maximum atomic E-state index is 6.15. The van der Waals surface area contributed by atoms with Crippen LogP contribution in [-0.2, 0) is 6.54 Å². The summed E-state index contributed by atoms with van der Waals surface area (Å²) in [6.45, 7) is 9.89. The van der Waals surface area contributed by atoms with Gasteiger partial charge in [0, 0.05) is 31.1 Å². The summed E-state index contributed by atoms with van der Waals surface area (Å²) >= 11 is 1.99. The number of guanidine groups is 1. The molecule has 0 radical (unpaired) electrons. The number of aliphatic imine (C=N–C) groups is 1. The monoisotopic (exact) mass is 479 g/mol. The third kappa shape index (κ3) is 6.02. The van der Waals surface area contributed by atoms with Crippen LogP contribution in [-0.4, -0.2) is 65.0 Å². The molecule has 0 spiro atoms. The van der Waals surface area contributed by atoms with Crippen LogP contribution in [0.4, 0.5) is 0 Å². The Morgan fingerprint density at radius 3 is 2.52 bits per heavy atom. The van der Waals surface area contributed by atoms with Crippen LogP contribution in [0.1, 0.15) is 30.2 Å². The lowest BCUT2D eigenvalue weighted by molar-refractivity contribution is 0.166. The van der Waals surface area contributed by atoms with E-state index >= 15 is 0 Å². The molecule has 3 heterocycles. The van der Waals surface area contributed by atoms with E-state index in [0.29, 0.717) is 5.92 Å². The van der Waals surface area contributed by atoms with Crippen LogP contribution in [0.2, 0.25) is 0 Å². The highest BCUT2D eigenvalue weighted by atomic mass is 127. The van der Waals surface area contributed by atoms with Crippen molar-refractivity contribution in [3.63, 3.8) is 0 Å². The number of nitrogens with zero attached hydrogens (tertiary/aromatic N) is 4. The molecular weight excluding hydrogens is 449 g/mol. The number of nitrogens with two attached hydrogens (primary N) is 1. The summed E-state index contributed by atoms with van der Waals surface area (Å²) in [6, 6.07) is 0. The average Bonchev–Trinajstić information content (AvgIpc) is 2.92. The van der Waals surface area contributed by atoms with Gasteiger partial charge in [-0.15, -0.1) is 24.0 Å². The van der Waals surface area contributed by atoms with Crippen molar-refractivity contribution in [1.82, 2.24) is 14.8 Å². The van der Waals surface area contributed by atoms with Gasteiger partial charge in [0.25, 0.3) is 0 Å². The van der Waals surface area contributed by atoms with E-state index < -0.39 is 0 Å². The molecule has 3 rings (SSSR count). The van der Waals surface area contributed by atoms with Gasteiger partial charge in [0.1, 0.15) is 5.76 Å². The van der Waals surface area contributed by atoms with E-state index in [4.69, 9.17) is 10.2 Å². The molecule has 8 heteroatoms. The van der Waals surface area contributed by atoms with Crippen molar-refractivity contribution in [2.24, 2.45) is 16.6 Å². The SMILES string of the molecule is Cc1nc(CN2CCC(CN=C(N)N3CCSCC3)CC2)oc1C.I. The number of aromatic nitrogens is 1. The Bertz CT molecular complexity index is 546. The summed E-state index contributed by atoms with van der Waals surface area (Å²) in [5.41, 5.74) is 7.15. The van der Waals surface area contributed by atoms with Crippen molar-refractivity contribution in [3.8, 4) is 0 Å². The summed E-state index contributed by atoms with van der Waals surface area (Å²) in [5, 5.41) is 0. The number of halogens is 1. The molecule has 2 aliphatic heterocycles. The van der Waals surface area contributed by atoms with Crippen LogP contribution in [0, 0.1) is 19.8 Å². The highest BCUT2D eigenvalue weighted by Gasteiger charge is 2.21. The van der Waals surface area contributed by atoms with Gasteiger partial charge in [-0.1, -0.05) is 0 Å². The van der Waals surface area contributed by atoms with E-state index in [1.807, 2.05) is 25.6 Å². The summed E-state index contributed by atoms with van der Waals surface area (Å²) < 4.78 is 5.69. The highest BCUT2D eigenvalue weighted by molar-refractivity contribution is 14.0. The number of oxazole rings is 1. The first-order chi connectivity index (χ1) is 11.6. The normalized spacial score (nSPS) is 20.6. The van der Waals surface area contributed by atoms with Crippen LogP contribution in [0.15, 0.2) is 9.41 Å².